The summed E-state index contributed by atoms with van der Waals surface area (Å²) in [6, 6.07) is 7.27. The van der Waals surface area contributed by atoms with E-state index in [-0.39, 0.29) is 17.7 Å². The first kappa shape index (κ1) is 18.5. The summed E-state index contributed by atoms with van der Waals surface area (Å²) in [6.45, 7) is 2.41. The van der Waals surface area contributed by atoms with Crippen LogP contribution in [-0.4, -0.2) is 29.6 Å². The van der Waals surface area contributed by atoms with Crippen LogP contribution < -0.4 is 11.1 Å². The topological polar surface area (TPSA) is 92.4 Å². The average molecular weight is 332 g/mol. The largest absolute Gasteiger partial charge is 0.481 e. The minimum Gasteiger partial charge on any atom is -0.481 e. The molecule has 132 valence electrons. The van der Waals surface area contributed by atoms with E-state index in [1.54, 1.807) is 0 Å². The maximum Gasteiger partial charge on any atom is 0.303 e. The van der Waals surface area contributed by atoms with E-state index in [1.807, 2.05) is 31.2 Å². The second kappa shape index (κ2) is 8.29. The predicted octanol–water partition coefficient (Wildman–Crippen LogP) is 2.41. The Balaban J connectivity index is 1.92. The van der Waals surface area contributed by atoms with E-state index in [0.717, 1.165) is 43.2 Å². The van der Waals surface area contributed by atoms with E-state index < -0.39 is 12.0 Å². The summed E-state index contributed by atoms with van der Waals surface area (Å²) in [7, 11) is 0. The fourth-order valence-corrected chi connectivity index (χ4v) is 3.61. The van der Waals surface area contributed by atoms with Gasteiger partial charge in [0, 0.05) is 6.54 Å². The second-order valence-corrected chi connectivity index (χ2v) is 7.09. The first-order valence-corrected chi connectivity index (χ1v) is 8.71. The molecular formula is C19H28N2O3. The van der Waals surface area contributed by atoms with Crippen LogP contribution in [0.3, 0.4) is 0 Å². The molecule has 0 unspecified atom stereocenters. The molecule has 1 aliphatic rings. The molecule has 1 aliphatic carbocycles. The number of aryl methyl sites for hydroxylation is 1. The zero-order valence-corrected chi connectivity index (χ0v) is 14.4. The van der Waals surface area contributed by atoms with Gasteiger partial charge in [0.1, 0.15) is 0 Å². The number of nitrogens with one attached hydrogen (secondary N) is 1. The standard InChI is InChI=1S/C19H28N2O3/c1-14-7-3-4-8-15(14)11-16(20)18(24)21-13-19(12-17(22)23)9-5-2-6-10-19/h3-4,7-8,16H,2,5-6,9-13,20H2,1H3,(H,21,24)(H,22,23)/t16-/m1/s1. The number of carbonyl (C=O) groups excluding carboxylic acids is 1. The lowest BCUT2D eigenvalue weighted by Gasteiger charge is -2.36. The molecule has 1 fully saturated rings. The second-order valence-electron chi connectivity index (χ2n) is 7.09. The van der Waals surface area contributed by atoms with Crippen molar-refractivity contribution >= 4 is 11.9 Å². The number of carboxylic acid groups (broad SMARTS) is 1. The quantitative estimate of drug-likeness (QED) is 0.715. The van der Waals surface area contributed by atoms with Gasteiger partial charge in [-0.3, -0.25) is 9.59 Å². The van der Waals surface area contributed by atoms with E-state index in [4.69, 9.17) is 5.73 Å². The molecule has 5 heteroatoms. The van der Waals surface area contributed by atoms with Gasteiger partial charge in [0.05, 0.1) is 12.5 Å². The van der Waals surface area contributed by atoms with Crippen molar-refractivity contribution in [2.45, 2.75) is 57.9 Å². The predicted molar refractivity (Wildman–Crippen MR) is 93.6 cm³/mol. The Hall–Kier alpha value is -1.88. The zero-order valence-electron chi connectivity index (χ0n) is 14.4. The van der Waals surface area contributed by atoms with Gasteiger partial charge in [0.15, 0.2) is 0 Å². The fraction of sp³-hybridized carbons (Fsp3) is 0.579. The van der Waals surface area contributed by atoms with Crippen LogP contribution in [0.5, 0.6) is 0 Å². The minimum atomic E-state index is -0.796. The van der Waals surface area contributed by atoms with Gasteiger partial charge in [0.25, 0.3) is 0 Å². The molecule has 5 nitrogen and oxygen atoms in total. The van der Waals surface area contributed by atoms with Gasteiger partial charge in [-0.1, -0.05) is 43.5 Å². The number of rotatable bonds is 7. The number of amides is 1. The van der Waals surface area contributed by atoms with Crippen LogP contribution in [0.4, 0.5) is 0 Å². The maximum atomic E-state index is 12.3. The van der Waals surface area contributed by atoms with Gasteiger partial charge in [-0.2, -0.15) is 0 Å². The Bertz CT molecular complexity index is 580. The normalized spacial score (nSPS) is 17.9. The molecule has 1 aromatic carbocycles. The molecule has 0 aliphatic heterocycles. The van der Waals surface area contributed by atoms with Crippen molar-refractivity contribution in [1.29, 1.82) is 0 Å². The first-order valence-electron chi connectivity index (χ1n) is 8.71. The molecule has 24 heavy (non-hydrogen) atoms. The average Bonchev–Trinajstić information content (AvgIpc) is 2.55. The van der Waals surface area contributed by atoms with Gasteiger partial charge in [-0.05, 0) is 42.7 Å². The number of carbonyl (C=O) groups is 2. The molecule has 0 spiro atoms. The fourth-order valence-electron chi connectivity index (χ4n) is 3.61. The molecule has 0 aromatic heterocycles. The number of carboxylic acids is 1. The van der Waals surface area contributed by atoms with Gasteiger partial charge in [-0.15, -0.1) is 0 Å². The van der Waals surface area contributed by atoms with Crippen LogP contribution in [0, 0.1) is 12.3 Å². The summed E-state index contributed by atoms with van der Waals surface area (Å²) in [5, 5.41) is 12.1. The van der Waals surface area contributed by atoms with Crippen molar-refractivity contribution in [3.8, 4) is 0 Å². The van der Waals surface area contributed by atoms with Crippen molar-refractivity contribution in [3.63, 3.8) is 0 Å². The van der Waals surface area contributed by atoms with Gasteiger partial charge in [0.2, 0.25) is 5.91 Å². The van der Waals surface area contributed by atoms with E-state index in [2.05, 4.69) is 5.32 Å². The van der Waals surface area contributed by atoms with Crippen LogP contribution in [0.1, 0.15) is 49.7 Å². The molecule has 2 rings (SSSR count). The Morgan fingerprint density at radius 2 is 1.92 bits per heavy atom. The Kier molecular flexibility index (Phi) is 6.37. The lowest BCUT2D eigenvalue weighted by atomic mass is 9.71. The van der Waals surface area contributed by atoms with Gasteiger partial charge >= 0.3 is 5.97 Å². The van der Waals surface area contributed by atoms with Crippen LogP contribution in [0.25, 0.3) is 0 Å². The van der Waals surface area contributed by atoms with E-state index >= 15 is 0 Å². The monoisotopic (exact) mass is 332 g/mol. The lowest BCUT2D eigenvalue weighted by molar-refractivity contribution is -0.140. The Labute approximate surface area is 143 Å². The van der Waals surface area contributed by atoms with Crippen LogP contribution in [-0.2, 0) is 16.0 Å². The SMILES string of the molecule is Cc1ccccc1C[C@@H](N)C(=O)NCC1(CC(=O)O)CCCCC1. The van der Waals surface area contributed by atoms with Crippen molar-refractivity contribution in [2.24, 2.45) is 11.1 Å². The van der Waals surface area contributed by atoms with Crippen molar-refractivity contribution in [1.82, 2.24) is 5.32 Å². The molecule has 0 saturated heterocycles. The highest BCUT2D eigenvalue weighted by Crippen LogP contribution is 2.38. The summed E-state index contributed by atoms with van der Waals surface area (Å²) in [6.07, 6.45) is 5.50. The van der Waals surface area contributed by atoms with Gasteiger partial charge in [-0.25, -0.2) is 0 Å². The van der Waals surface area contributed by atoms with Crippen molar-refractivity contribution in [3.05, 3.63) is 35.4 Å². The summed E-state index contributed by atoms with van der Waals surface area (Å²) < 4.78 is 0. The number of hydrogen-bond donors (Lipinski definition) is 3. The molecule has 1 aromatic rings. The smallest absolute Gasteiger partial charge is 0.303 e. The van der Waals surface area contributed by atoms with Crippen molar-refractivity contribution in [2.75, 3.05) is 6.54 Å². The van der Waals surface area contributed by atoms with Gasteiger partial charge < -0.3 is 16.2 Å². The zero-order chi connectivity index (χ0) is 17.6. The van der Waals surface area contributed by atoms with Crippen molar-refractivity contribution < 1.29 is 14.7 Å². The molecule has 0 radical (unpaired) electrons. The number of nitrogens with two attached hydrogens (primary N) is 1. The van der Waals surface area contributed by atoms with Crippen LogP contribution in [0.2, 0.25) is 0 Å². The Morgan fingerprint density at radius 1 is 1.25 bits per heavy atom. The third kappa shape index (κ3) is 5.06. The summed E-state index contributed by atoms with van der Waals surface area (Å²) in [5.41, 5.74) is 7.92. The van der Waals surface area contributed by atoms with Crippen LogP contribution >= 0.6 is 0 Å². The highest BCUT2D eigenvalue weighted by atomic mass is 16.4. The number of hydrogen-bond acceptors (Lipinski definition) is 3. The summed E-state index contributed by atoms with van der Waals surface area (Å²) in [4.78, 5) is 23.5. The van der Waals surface area contributed by atoms with Crippen LogP contribution in [0.15, 0.2) is 24.3 Å². The maximum absolute atomic E-state index is 12.3. The molecule has 1 saturated carbocycles. The third-order valence-electron chi connectivity index (χ3n) is 5.12. The lowest BCUT2D eigenvalue weighted by Crippen LogP contribution is -2.47. The molecule has 4 N–H and O–H groups in total. The van der Waals surface area contributed by atoms with E-state index in [0.29, 0.717) is 13.0 Å². The number of benzene rings is 1. The molecule has 1 atom stereocenters. The summed E-state index contributed by atoms with van der Waals surface area (Å²) >= 11 is 0. The molecular weight excluding hydrogens is 304 g/mol. The van der Waals surface area contributed by atoms with E-state index in [1.165, 1.54) is 0 Å². The highest BCUT2D eigenvalue weighted by molar-refractivity contribution is 5.82. The molecule has 0 heterocycles. The van der Waals surface area contributed by atoms with E-state index in [9.17, 15) is 14.7 Å². The molecule has 0 bridgehead atoms. The first-order chi connectivity index (χ1) is 11.4. The highest BCUT2D eigenvalue weighted by Gasteiger charge is 2.35. The minimum absolute atomic E-state index is 0.111. The Morgan fingerprint density at radius 3 is 2.54 bits per heavy atom. The molecule has 1 amide bonds. The third-order valence-corrected chi connectivity index (χ3v) is 5.12. The summed E-state index contributed by atoms with van der Waals surface area (Å²) in [5.74, 6) is -0.996. The number of aliphatic carboxylic acids is 1.